The standard InChI is InChI=1S/C31H32N6O5S2/c1-31(2)13-21-27(22(38)14-31)26(17-6-9-19(40-3)10-7-17)20(15-32)28(33)37(21)29-35-36-30(44-29)43-16-25(39)34-18-8-11-23(41-4)24(12-18)42-5/h6-12,26H,13-14,16,33H2,1-5H3,(H,34,39). The summed E-state index contributed by atoms with van der Waals surface area (Å²) in [6, 6.07) is 14.7. The van der Waals surface area contributed by atoms with E-state index >= 15 is 0 Å². The molecule has 0 saturated carbocycles. The van der Waals surface area contributed by atoms with Crippen molar-refractivity contribution in [3.05, 3.63) is 70.7 Å². The van der Waals surface area contributed by atoms with Gasteiger partial charge in [0.15, 0.2) is 21.6 Å². The van der Waals surface area contributed by atoms with Gasteiger partial charge in [-0.15, -0.1) is 10.2 Å². The van der Waals surface area contributed by atoms with Crippen LogP contribution in [-0.4, -0.2) is 49.0 Å². The number of amides is 1. The number of carbonyl (C=O) groups is 2. The Morgan fingerprint density at radius 1 is 1.11 bits per heavy atom. The number of allylic oxidation sites excluding steroid dienone is 3. The van der Waals surface area contributed by atoms with Crippen LogP contribution in [0.4, 0.5) is 10.8 Å². The topological polar surface area (TPSA) is 153 Å². The minimum Gasteiger partial charge on any atom is -0.497 e. The number of hydrogen-bond acceptors (Lipinski definition) is 12. The molecular weight excluding hydrogens is 601 g/mol. The maximum Gasteiger partial charge on any atom is 0.234 e. The van der Waals surface area contributed by atoms with Crippen LogP contribution < -0.4 is 30.2 Å². The zero-order chi connectivity index (χ0) is 31.6. The molecule has 1 amide bonds. The van der Waals surface area contributed by atoms with Crippen molar-refractivity contribution >= 4 is 45.6 Å². The highest BCUT2D eigenvalue weighted by molar-refractivity contribution is 8.01. The van der Waals surface area contributed by atoms with Crippen molar-refractivity contribution in [2.75, 3.05) is 37.3 Å². The van der Waals surface area contributed by atoms with E-state index in [0.29, 0.717) is 56.5 Å². The summed E-state index contributed by atoms with van der Waals surface area (Å²) < 4.78 is 16.4. The van der Waals surface area contributed by atoms with Gasteiger partial charge in [-0.2, -0.15) is 5.26 Å². The summed E-state index contributed by atoms with van der Waals surface area (Å²) in [6.07, 6.45) is 0.896. The minimum atomic E-state index is -0.609. The zero-order valence-corrected chi connectivity index (χ0v) is 26.6. The van der Waals surface area contributed by atoms with E-state index in [9.17, 15) is 14.9 Å². The maximum absolute atomic E-state index is 13.7. The maximum atomic E-state index is 13.7. The first kappa shape index (κ1) is 30.9. The van der Waals surface area contributed by atoms with E-state index in [1.165, 1.54) is 30.2 Å². The molecule has 11 nitrogen and oxygen atoms in total. The quantitative estimate of drug-likeness (QED) is 0.298. The number of Topliss-reactive ketones (excluding diaryl/α,β-unsaturated/α-hetero) is 1. The van der Waals surface area contributed by atoms with Crippen LogP contribution in [-0.2, 0) is 9.59 Å². The molecule has 44 heavy (non-hydrogen) atoms. The van der Waals surface area contributed by atoms with Gasteiger partial charge in [0, 0.05) is 29.4 Å². The smallest absolute Gasteiger partial charge is 0.234 e. The summed E-state index contributed by atoms with van der Waals surface area (Å²) in [4.78, 5) is 28.1. The van der Waals surface area contributed by atoms with Crippen LogP contribution in [0.25, 0.3) is 0 Å². The van der Waals surface area contributed by atoms with Crippen LogP contribution in [0.1, 0.15) is 38.2 Å². The number of nitrogens with zero attached hydrogens (tertiary/aromatic N) is 4. The SMILES string of the molecule is COc1ccc(C2C(C#N)=C(N)N(c3nnc(SCC(=O)Nc4ccc(OC)c(OC)c4)s3)C3=C2C(=O)CC(C)(C)C3)cc1. The lowest BCUT2D eigenvalue weighted by Crippen LogP contribution is -2.42. The Morgan fingerprint density at radius 3 is 2.50 bits per heavy atom. The highest BCUT2D eigenvalue weighted by Crippen LogP contribution is 2.50. The number of carbonyl (C=O) groups excluding carboxylic acids is 2. The number of anilines is 2. The van der Waals surface area contributed by atoms with Gasteiger partial charge < -0.3 is 25.3 Å². The molecule has 1 aliphatic carbocycles. The molecule has 1 aliphatic heterocycles. The lowest BCUT2D eigenvalue weighted by molar-refractivity contribution is -0.118. The van der Waals surface area contributed by atoms with Crippen LogP contribution >= 0.6 is 23.1 Å². The number of methoxy groups -OCH3 is 3. The molecule has 3 N–H and O–H groups in total. The van der Waals surface area contributed by atoms with E-state index in [1.54, 1.807) is 49.5 Å². The summed E-state index contributed by atoms with van der Waals surface area (Å²) in [5.41, 5.74) is 9.25. The van der Waals surface area contributed by atoms with Gasteiger partial charge in [0.1, 0.15) is 11.6 Å². The van der Waals surface area contributed by atoms with Crippen LogP contribution in [0.5, 0.6) is 17.2 Å². The van der Waals surface area contributed by atoms with Crippen molar-refractivity contribution in [2.24, 2.45) is 11.1 Å². The van der Waals surface area contributed by atoms with E-state index in [2.05, 4.69) is 21.6 Å². The van der Waals surface area contributed by atoms with Gasteiger partial charge in [-0.05, 0) is 41.7 Å². The summed E-state index contributed by atoms with van der Waals surface area (Å²) in [7, 11) is 4.65. The molecule has 0 radical (unpaired) electrons. The second kappa shape index (κ2) is 12.6. The molecule has 0 saturated heterocycles. The Bertz CT molecular complexity index is 1710. The van der Waals surface area contributed by atoms with Crippen LogP contribution in [0.3, 0.4) is 0 Å². The minimum absolute atomic E-state index is 0.0340. The molecule has 1 aromatic heterocycles. The third kappa shape index (κ3) is 6.09. The molecule has 1 unspecified atom stereocenters. The monoisotopic (exact) mass is 632 g/mol. The lowest BCUT2D eigenvalue weighted by Gasteiger charge is -2.42. The fourth-order valence-electron chi connectivity index (χ4n) is 5.45. The van der Waals surface area contributed by atoms with Crippen molar-refractivity contribution < 1.29 is 23.8 Å². The summed E-state index contributed by atoms with van der Waals surface area (Å²) in [5.74, 6) is 1.13. The molecule has 0 spiro atoms. The van der Waals surface area contributed by atoms with Gasteiger partial charge in [-0.1, -0.05) is 49.1 Å². The Labute approximate surface area is 263 Å². The van der Waals surface area contributed by atoms with Crippen molar-refractivity contribution in [3.8, 4) is 23.3 Å². The lowest BCUT2D eigenvalue weighted by atomic mass is 9.68. The van der Waals surface area contributed by atoms with Gasteiger partial charge in [0.25, 0.3) is 0 Å². The Morgan fingerprint density at radius 2 is 1.84 bits per heavy atom. The Kier molecular flexibility index (Phi) is 8.85. The third-order valence-electron chi connectivity index (χ3n) is 7.41. The van der Waals surface area contributed by atoms with E-state index in [4.69, 9.17) is 19.9 Å². The van der Waals surface area contributed by atoms with Gasteiger partial charge in [0.05, 0.1) is 44.6 Å². The van der Waals surface area contributed by atoms with Crippen LogP contribution in [0, 0.1) is 16.7 Å². The molecule has 13 heteroatoms. The van der Waals surface area contributed by atoms with Crippen molar-refractivity contribution in [2.45, 2.75) is 36.9 Å². The number of aromatic nitrogens is 2. The van der Waals surface area contributed by atoms with Crippen molar-refractivity contribution in [1.82, 2.24) is 10.2 Å². The summed E-state index contributed by atoms with van der Waals surface area (Å²) >= 11 is 2.46. The number of rotatable bonds is 9. The average Bonchev–Trinajstić information content (AvgIpc) is 3.47. The third-order valence-corrected chi connectivity index (χ3v) is 9.45. The number of thioether (sulfide) groups is 1. The van der Waals surface area contributed by atoms with E-state index in [-0.39, 0.29) is 34.3 Å². The highest BCUT2D eigenvalue weighted by atomic mass is 32.2. The van der Waals surface area contributed by atoms with Gasteiger partial charge in [0.2, 0.25) is 11.0 Å². The fourth-order valence-corrected chi connectivity index (χ4v) is 7.13. The molecule has 0 bridgehead atoms. The second-order valence-electron chi connectivity index (χ2n) is 11.0. The first-order valence-corrected chi connectivity index (χ1v) is 15.5. The summed E-state index contributed by atoms with van der Waals surface area (Å²) in [6.45, 7) is 4.07. The number of ether oxygens (including phenoxy) is 3. The molecular formula is C31H32N6O5S2. The normalized spacial score (nSPS) is 17.6. The van der Waals surface area contributed by atoms with E-state index in [1.807, 2.05) is 26.0 Å². The zero-order valence-electron chi connectivity index (χ0n) is 25.0. The first-order valence-electron chi connectivity index (χ1n) is 13.7. The van der Waals surface area contributed by atoms with Crippen LogP contribution in [0.2, 0.25) is 0 Å². The predicted octanol–water partition coefficient (Wildman–Crippen LogP) is 5.24. The Balaban J connectivity index is 1.42. The number of nitrogens with one attached hydrogen (secondary N) is 1. The van der Waals surface area contributed by atoms with E-state index in [0.717, 1.165) is 5.56 Å². The molecule has 1 atom stereocenters. The number of nitriles is 1. The molecule has 0 fully saturated rings. The van der Waals surface area contributed by atoms with E-state index < -0.39 is 5.92 Å². The molecule has 2 heterocycles. The fraction of sp³-hybridized carbons (Fsp3) is 0.323. The van der Waals surface area contributed by atoms with Gasteiger partial charge in [-0.3, -0.25) is 14.5 Å². The Hall–Kier alpha value is -4.54. The van der Waals surface area contributed by atoms with Gasteiger partial charge >= 0.3 is 0 Å². The number of ketones is 1. The molecule has 3 aromatic rings. The summed E-state index contributed by atoms with van der Waals surface area (Å²) in [5, 5.41) is 22.2. The van der Waals surface area contributed by atoms with Crippen molar-refractivity contribution in [3.63, 3.8) is 0 Å². The van der Waals surface area contributed by atoms with Crippen LogP contribution in [0.15, 0.2) is 69.5 Å². The molecule has 2 aliphatic rings. The predicted molar refractivity (Wildman–Crippen MR) is 169 cm³/mol. The molecule has 228 valence electrons. The second-order valence-corrected chi connectivity index (χ2v) is 13.2. The number of hydrogen-bond donors (Lipinski definition) is 2. The largest absolute Gasteiger partial charge is 0.497 e. The highest BCUT2D eigenvalue weighted by Gasteiger charge is 2.45. The van der Waals surface area contributed by atoms with Crippen molar-refractivity contribution in [1.29, 1.82) is 5.26 Å². The number of nitrogens with two attached hydrogens (primary N) is 1. The molecule has 2 aromatic carbocycles. The molecule has 5 rings (SSSR count). The number of benzene rings is 2. The first-order chi connectivity index (χ1) is 21.1. The van der Waals surface area contributed by atoms with Gasteiger partial charge in [-0.25, -0.2) is 0 Å². The average molecular weight is 633 g/mol.